The van der Waals surface area contributed by atoms with Crippen LogP contribution in [0.5, 0.6) is 0 Å². The minimum absolute atomic E-state index is 0.0363. The zero-order valence-electron chi connectivity index (χ0n) is 28.2. The van der Waals surface area contributed by atoms with Crippen LogP contribution in [0.25, 0.3) is 11.1 Å². The Bertz CT molecular complexity index is 1610. The second-order valence-electron chi connectivity index (χ2n) is 13.1. The Kier molecular flexibility index (Phi) is 11.1. The number of rotatable bonds is 7. The topological polar surface area (TPSA) is 154 Å². The van der Waals surface area contributed by atoms with Gasteiger partial charge in [-0.3, -0.25) is 10.6 Å². The fourth-order valence-corrected chi connectivity index (χ4v) is 5.12. The first-order chi connectivity index (χ1) is 22.6. The van der Waals surface area contributed by atoms with Crippen molar-refractivity contribution in [1.82, 2.24) is 16.0 Å². The van der Waals surface area contributed by atoms with E-state index in [9.17, 15) is 19.2 Å². The standard InChI is InChI=1S/C36H42N4O8/c1-35(2,3)47-33(43)39-31(40-34(44)48-36(4,5)6)37-23-14-12-13-22(19-23)20-29(30(41)45-7)38-32(42)46-21-28-26-17-10-8-15-24(26)25-16-9-11-18-27(25)28/h8-19,28-29H,20-21H2,1-7H3,(H,38,42)(H2,37,39,40,43,44)/t29-/m0/s1. The molecule has 1 aliphatic carbocycles. The Morgan fingerprint density at radius 1 is 0.750 bits per heavy atom. The maximum Gasteiger partial charge on any atom is 0.414 e. The molecule has 0 spiro atoms. The van der Waals surface area contributed by atoms with Gasteiger partial charge in [0.25, 0.3) is 0 Å². The van der Waals surface area contributed by atoms with Crippen LogP contribution in [0.1, 0.15) is 64.2 Å². The first-order valence-electron chi connectivity index (χ1n) is 15.5. The number of carbonyl (C=O) groups is 4. The van der Waals surface area contributed by atoms with Crippen molar-refractivity contribution in [1.29, 1.82) is 0 Å². The van der Waals surface area contributed by atoms with E-state index in [0.29, 0.717) is 11.3 Å². The summed E-state index contributed by atoms with van der Waals surface area (Å²) in [7, 11) is 1.23. The van der Waals surface area contributed by atoms with Crippen molar-refractivity contribution >= 4 is 35.9 Å². The van der Waals surface area contributed by atoms with Crippen LogP contribution in [0.3, 0.4) is 0 Å². The Balaban J connectivity index is 1.47. The maximum absolute atomic E-state index is 13.0. The summed E-state index contributed by atoms with van der Waals surface area (Å²) in [6.45, 7) is 10.3. The van der Waals surface area contributed by atoms with E-state index in [0.717, 1.165) is 22.3 Å². The summed E-state index contributed by atoms with van der Waals surface area (Å²) in [5.41, 5.74) is 3.64. The number of alkyl carbamates (subject to hydrolysis) is 3. The largest absolute Gasteiger partial charge is 0.467 e. The molecule has 1 aliphatic rings. The highest BCUT2D eigenvalue weighted by molar-refractivity contribution is 6.02. The van der Waals surface area contributed by atoms with Crippen molar-refractivity contribution in [3.05, 3.63) is 89.5 Å². The van der Waals surface area contributed by atoms with Crippen molar-refractivity contribution in [3.8, 4) is 11.1 Å². The van der Waals surface area contributed by atoms with E-state index in [2.05, 4.69) is 20.9 Å². The van der Waals surface area contributed by atoms with Gasteiger partial charge in [0.05, 0.1) is 12.8 Å². The Hall–Kier alpha value is -5.39. The number of carbonyl (C=O) groups excluding carboxylic acids is 4. The molecule has 3 amide bonds. The van der Waals surface area contributed by atoms with Gasteiger partial charge in [-0.1, -0.05) is 60.7 Å². The molecule has 12 nitrogen and oxygen atoms in total. The number of fused-ring (bicyclic) bond motifs is 3. The molecule has 0 bridgehead atoms. The van der Waals surface area contributed by atoms with E-state index in [4.69, 9.17) is 18.9 Å². The quantitative estimate of drug-likeness (QED) is 0.115. The molecule has 0 aromatic heterocycles. The molecule has 0 unspecified atom stereocenters. The lowest BCUT2D eigenvalue weighted by atomic mass is 9.98. The summed E-state index contributed by atoms with van der Waals surface area (Å²) in [6, 6.07) is 21.6. The highest BCUT2D eigenvalue weighted by atomic mass is 16.6. The Morgan fingerprint density at radius 2 is 1.29 bits per heavy atom. The summed E-state index contributed by atoms with van der Waals surface area (Å²) in [5, 5.41) is 7.49. The third kappa shape index (κ3) is 10.1. The van der Waals surface area contributed by atoms with Crippen LogP contribution < -0.4 is 16.0 Å². The van der Waals surface area contributed by atoms with E-state index in [1.165, 1.54) is 7.11 Å². The number of hydrogen-bond donors (Lipinski definition) is 3. The highest BCUT2D eigenvalue weighted by Crippen LogP contribution is 2.44. The Labute approximate surface area is 280 Å². The molecule has 3 aromatic carbocycles. The number of benzene rings is 3. The van der Waals surface area contributed by atoms with Crippen LogP contribution in [0.4, 0.5) is 20.1 Å². The number of nitrogens with zero attached hydrogens (tertiary/aromatic N) is 1. The van der Waals surface area contributed by atoms with Crippen LogP contribution in [-0.2, 0) is 30.2 Å². The molecule has 0 radical (unpaired) electrons. The second-order valence-corrected chi connectivity index (χ2v) is 13.1. The van der Waals surface area contributed by atoms with Crippen molar-refractivity contribution < 1.29 is 38.1 Å². The Morgan fingerprint density at radius 3 is 1.81 bits per heavy atom. The highest BCUT2D eigenvalue weighted by Gasteiger charge is 2.30. The van der Waals surface area contributed by atoms with E-state index in [1.807, 2.05) is 48.5 Å². The van der Waals surface area contributed by atoms with Gasteiger partial charge in [0.2, 0.25) is 5.96 Å². The van der Waals surface area contributed by atoms with Gasteiger partial charge in [0.15, 0.2) is 0 Å². The van der Waals surface area contributed by atoms with E-state index in [1.54, 1.807) is 65.8 Å². The SMILES string of the molecule is COC(=O)[C@H](Cc1cccc(N=C(NC(=O)OC(C)(C)C)NC(=O)OC(C)(C)C)c1)NC(=O)OCC1c2ccccc2-c2ccccc21. The van der Waals surface area contributed by atoms with Gasteiger partial charge in [0, 0.05) is 12.3 Å². The number of ether oxygens (including phenoxy) is 4. The first kappa shape index (κ1) is 35.5. The van der Waals surface area contributed by atoms with E-state index in [-0.39, 0.29) is 24.9 Å². The monoisotopic (exact) mass is 658 g/mol. The van der Waals surface area contributed by atoms with Gasteiger partial charge in [0.1, 0.15) is 23.9 Å². The minimum atomic E-state index is -1.08. The molecule has 48 heavy (non-hydrogen) atoms. The smallest absolute Gasteiger partial charge is 0.414 e. The fourth-order valence-electron chi connectivity index (χ4n) is 5.12. The number of nitrogens with one attached hydrogen (secondary N) is 3. The van der Waals surface area contributed by atoms with Crippen molar-refractivity contribution in [2.24, 2.45) is 4.99 Å². The minimum Gasteiger partial charge on any atom is -0.467 e. The summed E-state index contributed by atoms with van der Waals surface area (Å²) in [4.78, 5) is 55.1. The van der Waals surface area contributed by atoms with Crippen LogP contribution in [0, 0.1) is 0 Å². The van der Waals surface area contributed by atoms with Gasteiger partial charge in [-0.25, -0.2) is 24.2 Å². The third-order valence-electron chi connectivity index (χ3n) is 6.95. The zero-order chi connectivity index (χ0) is 35.1. The lowest BCUT2D eigenvalue weighted by Gasteiger charge is -2.22. The van der Waals surface area contributed by atoms with Crippen molar-refractivity contribution in [2.45, 2.75) is 71.1 Å². The van der Waals surface area contributed by atoms with E-state index >= 15 is 0 Å². The lowest BCUT2D eigenvalue weighted by molar-refractivity contribution is -0.143. The third-order valence-corrected chi connectivity index (χ3v) is 6.95. The summed E-state index contributed by atoms with van der Waals surface area (Å²) in [6.07, 6.45) is -2.42. The van der Waals surface area contributed by atoms with Gasteiger partial charge >= 0.3 is 24.2 Å². The lowest BCUT2D eigenvalue weighted by Crippen LogP contribution is -2.47. The van der Waals surface area contributed by atoms with Gasteiger partial charge in [-0.2, -0.15) is 0 Å². The van der Waals surface area contributed by atoms with Crippen molar-refractivity contribution in [3.63, 3.8) is 0 Å². The molecule has 12 heteroatoms. The molecule has 3 N–H and O–H groups in total. The molecule has 0 saturated heterocycles. The van der Waals surface area contributed by atoms with Crippen LogP contribution in [0.15, 0.2) is 77.8 Å². The summed E-state index contributed by atoms with van der Waals surface area (Å²) < 4.78 is 21.2. The number of amides is 3. The molecule has 1 atom stereocenters. The second kappa shape index (κ2) is 15.0. The predicted octanol–water partition coefficient (Wildman–Crippen LogP) is 6.35. The average molecular weight is 659 g/mol. The molecule has 3 aromatic rings. The fraction of sp³-hybridized carbons (Fsp3) is 0.361. The number of hydrogen-bond acceptors (Lipinski definition) is 9. The molecule has 4 rings (SSSR count). The van der Waals surface area contributed by atoms with E-state index < -0.39 is 41.5 Å². The number of aliphatic imine (C=N–C) groups is 1. The molecule has 0 saturated carbocycles. The van der Waals surface area contributed by atoms with Gasteiger partial charge in [-0.05, 0) is 81.5 Å². The number of methoxy groups -OCH3 is 1. The molecule has 0 fully saturated rings. The zero-order valence-corrected chi connectivity index (χ0v) is 28.2. The van der Waals surface area contributed by atoms with Gasteiger partial charge in [-0.15, -0.1) is 0 Å². The summed E-state index contributed by atoms with van der Waals surface area (Å²) in [5.74, 6) is -1.06. The van der Waals surface area contributed by atoms with Crippen LogP contribution in [-0.4, -0.2) is 61.2 Å². The van der Waals surface area contributed by atoms with Gasteiger partial charge < -0.3 is 24.3 Å². The normalized spacial score (nSPS) is 12.8. The first-order valence-corrected chi connectivity index (χ1v) is 15.5. The van der Waals surface area contributed by atoms with Crippen molar-refractivity contribution in [2.75, 3.05) is 13.7 Å². The number of esters is 1. The molecule has 254 valence electrons. The van der Waals surface area contributed by atoms with Crippen LogP contribution in [0.2, 0.25) is 0 Å². The average Bonchev–Trinajstić information content (AvgIpc) is 3.31. The predicted molar refractivity (Wildman–Crippen MR) is 180 cm³/mol. The molecular formula is C36H42N4O8. The van der Waals surface area contributed by atoms with Crippen LogP contribution >= 0.6 is 0 Å². The molecule has 0 aliphatic heterocycles. The summed E-state index contributed by atoms with van der Waals surface area (Å²) >= 11 is 0. The molecule has 0 heterocycles. The molecular weight excluding hydrogens is 616 g/mol. The number of guanidine groups is 1. The maximum atomic E-state index is 13.0.